The SMILES string of the molecule is [C-]#[N+]c1c(C#N)c(-n2c3ccccc3c3c4c(ccc32)sc2ccccc24)c(-n2c3ccccc3c3ccccc32)c(-n2c3ccccc3c3ccccc32)c1-n1c2ccccc2c2c3c(ccc21)sc1ccccc13. The van der Waals surface area contributed by atoms with Crippen molar-refractivity contribution < 1.29 is 0 Å². The lowest BCUT2D eigenvalue weighted by Gasteiger charge is -2.28. The minimum absolute atomic E-state index is 0.268. The molecule has 0 N–H and O–H groups in total. The molecular weight excluding hydrogens is 965 g/mol. The summed E-state index contributed by atoms with van der Waals surface area (Å²) >= 11 is 3.61. The van der Waals surface area contributed by atoms with E-state index in [9.17, 15) is 11.8 Å². The van der Waals surface area contributed by atoms with Crippen LogP contribution in [-0.4, -0.2) is 18.3 Å². The molecule has 0 bridgehead atoms. The van der Waals surface area contributed by atoms with Crippen molar-refractivity contribution in [1.82, 2.24) is 18.3 Å². The standard InChI is InChI=1S/C68H36N6S2/c1-70-64-47(38-69)65(73-52-30-14-6-22-43(52)60-54(73)34-36-58-62(60)45-24-8-16-32-56(45)75-58)67(71-48-26-10-2-18-39(48)40-19-3-11-27-49(40)71)68(72-50-28-12-4-20-41(50)42-21-5-13-29-51(42)72)66(64)74-53-31-15-7-23-44(53)61-55(74)35-37-59-63(61)46-25-9-17-33-57(46)76-59/h2-37H. The maximum atomic E-state index is 12.4. The van der Waals surface area contributed by atoms with Gasteiger partial charge in [0.15, 0.2) is 0 Å². The van der Waals surface area contributed by atoms with Crippen LogP contribution in [0.4, 0.5) is 5.69 Å². The van der Waals surface area contributed by atoms with Crippen LogP contribution < -0.4 is 0 Å². The predicted molar refractivity (Wildman–Crippen MR) is 321 cm³/mol. The Bertz CT molecular complexity index is 5070. The zero-order valence-electron chi connectivity index (χ0n) is 40.3. The van der Waals surface area contributed by atoms with E-state index in [0.29, 0.717) is 11.4 Å². The highest BCUT2D eigenvalue weighted by atomic mass is 32.1. The molecule has 17 rings (SSSR count). The second kappa shape index (κ2) is 15.3. The van der Waals surface area contributed by atoms with E-state index in [0.717, 1.165) is 98.6 Å². The zero-order valence-corrected chi connectivity index (χ0v) is 41.9. The third kappa shape index (κ3) is 5.26. The number of nitriles is 1. The van der Waals surface area contributed by atoms with Crippen molar-refractivity contribution in [3.63, 3.8) is 0 Å². The van der Waals surface area contributed by atoms with E-state index in [2.05, 4.69) is 248 Å². The Morgan fingerprint density at radius 1 is 0.303 bits per heavy atom. The molecule has 6 aromatic heterocycles. The molecule has 0 amide bonds. The minimum atomic E-state index is 0.268. The van der Waals surface area contributed by atoms with E-state index < -0.39 is 0 Å². The first-order valence-electron chi connectivity index (χ1n) is 25.4. The van der Waals surface area contributed by atoms with Gasteiger partial charge in [-0.15, -0.1) is 22.7 Å². The quantitative estimate of drug-likeness (QED) is 0.162. The number of hydrogen-bond acceptors (Lipinski definition) is 3. The normalized spacial score (nSPS) is 12.2. The van der Waals surface area contributed by atoms with Crippen molar-refractivity contribution in [2.75, 3.05) is 0 Å². The van der Waals surface area contributed by atoms with Gasteiger partial charge in [0.2, 0.25) is 5.69 Å². The molecule has 6 nitrogen and oxygen atoms in total. The summed E-state index contributed by atoms with van der Waals surface area (Å²) in [7, 11) is 0. The third-order valence-corrected chi connectivity index (χ3v) is 18.3. The van der Waals surface area contributed by atoms with Crippen LogP contribution in [-0.2, 0) is 0 Å². The summed E-state index contributed by atoms with van der Waals surface area (Å²) in [5.41, 5.74) is 11.1. The van der Waals surface area contributed by atoms with Gasteiger partial charge >= 0.3 is 0 Å². The van der Waals surface area contributed by atoms with Gasteiger partial charge in [0.1, 0.15) is 0 Å². The number of benzene rings is 11. The number of thiophene rings is 2. The van der Waals surface area contributed by atoms with Crippen molar-refractivity contribution in [3.8, 4) is 28.8 Å². The highest BCUT2D eigenvalue weighted by Crippen LogP contribution is 2.54. The van der Waals surface area contributed by atoms with Crippen LogP contribution in [0.15, 0.2) is 218 Å². The Balaban J connectivity index is 1.20. The van der Waals surface area contributed by atoms with Crippen molar-refractivity contribution in [2.24, 2.45) is 0 Å². The summed E-state index contributed by atoms with van der Waals surface area (Å²) in [5.74, 6) is 0. The van der Waals surface area contributed by atoms with Crippen molar-refractivity contribution in [2.45, 2.75) is 0 Å². The number of para-hydroxylation sites is 6. The molecule has 0 saturated heterocycles. The Morgan fingerprint density at radius 2 is 0.618 bits per heavy atom. The smallest absolute Gasteiger partial charge is 0.232 e. The second-order valence-electron chi connectivity index (χ2n) is 19.6. The first-order chi connectivity index (χ1) is 37.7. The van der Waals surface area contributed by atoms with Crippen molar-refractivity contribution in [1.29, 1.82) is 5.26 Å². The van der Waals surface area contributed by atoms with Gasteiger partial charge in [0.05, 0.1) is 85.1 Å². The highest BCUT2D eigenvalue weighted by molar-refractivity contribution is 7.26. The van der Waals surface area contributed by atoms with E-state index in [-0.39, 0.29) is 11.3 Å². The molecule has 350 valence electrons. The molecule has 0 radical (unpaired) electrons. The molecule has 8 heteroatoms. The summed E-state index contributed by atoms with van der Waals surface area (Å²) in [6.45, 7) is 9.68. The van der Waals surface area contributed by atoms with Gasteiger partial charge in [-0.3, -0.25) is 0 Å². The maximum absolute atomic E-state index is 12.4. The summed E-state index contributed by atoms with van der Waals surface area (Å²) < 4.78 is 14.3. The van der Waals surface area contributed by atoms with Gasteiger partial charge in [0, 0.05) is 83.4 Å². The van der Waals surface area contributed by atoms with Crippen LogP contribution in [0, 0.1) is 17.9 Å². The minimum Gasteiger partial charge on any atom is -0.317 e. The lowest BCUT2D eigenvalue weighted by atomic mass is 10.0. The molecule has 76 heavy (non-hydrogen) atoms. The molecule has 17 aromatic rings. The predicted octanol–water partition coefficient (Wildman–Crippen LogP) is 19.2. The first kappa shape index (κ1) is 41.5. The Kier molecular flexibility index (Phi) is 8.36. The van der Waals surface area contributed by atoms with Crippen LogP contribution >= 0.6 is 22.7 Å². The lowest BCUT2D eigenvalue weighted by molar-refractivity contribution is 1.02. The number of fused-ring (bicyclic) bond motifs is 20. The molecule has 0 saturated carbocycles. The van der Waals surface area contributed by atoms with Gasteiger partial charge in [-0.05, 0) is 72.8 Å². The molecular formula is C68H36N6S2. The topological polar surface area (TPSA) is 47.9 Å². The number of hydrogen-bond donors (Lipinski definition) is 0. The average molecular weight is 1000 g/mol. The summed E-state index contributed by atoms with van der Waals surface area (Å²) in [6.07, 6.45) is 0. The number of aromatic nitrogens is 4. The van der Waals surface area contributed by atoms with E-state index >= 15 is 0 Å². The van der Waals surface area contributed by atoms with E-state index in [1.165, 1.54) is 40.3 Å². The molecule has 0 unspecified atom stereocenters. The molecule has 11 aromatic carbocycles. The van der Waals surface area contributed by atoms with Crippen molar-refractivity contribution >= 4 is 156 Å². The van der Waals surface area contributed by atoms with Crippen LogP contribution in [0.3, 0.4) is 0 Å². The van der Waals surface area contributed by atoms with Gasteiger partial charge in [0.25, 0.3) is 0 Å². The lowest BCUT2D eigenvalue weighted by Crippen LogP contribution is -2.15. The van der Waals surface area contributed by atoms with E-state index in [4.69, 9.17) is 0 Å². The van der Waals surface area contributed by atoms with Gasteiger partial charge in [-0.1, -0.05) is 146 Å². The first-order valence-corrected chi connectivity index (χ1v) is 27.0. The molecule has 6 heterocycles. The summed E-state index contributed by atoms with van der Waals surface area (Å²) in [5, 5.41) is 25.9. The van der Waals surface area contributed by atoms with E-state index in [1.54, 1.807) is 22.7 Å². The number of rotatable bonds is 4. The van der Waals surface area contributed by atoms with Gasteiger partial charge < -0.3 is 18.3 Å². The number of nitrogens with zero attached hydrogens (tertiary/aromatic N) is 6. The largest absolute Gasteiger partial charge is 0.317 e. The fourth-order valence-corrected chi connectivity index (χ4v) is 15.3. The van der Waals surface area contributed by atoms with E-state index in [1.807, 2.05) is 0 Å². The van der Waals surface area contributed by atoms with Gasteiger partial charge in [-0.2, -0.15) is 5.26 Å². The molecule has 0 aliphatic heterocycles. The maximum Gasteiger partial charge on any atom is 0.232 e. The fourth-order valence-electron chi connectivity index (χ4n) is 13.1. The second-order valence-corrected chi connectivity index (χ2v) is 21.8. The Labute approximate surface area is 441 Å². The molecule has 0 spiro atoms. The Hall–Kier alpha value is -9.96. The van der Waals surface area contributed by atoms with Crippen molar-refractivity contribution in [3.05, 3.63) is 235 Å². The van der Waals surface area contributed by atoms with Gasteiger partial charge in [-0.25, -0.2) is 4.85 Å². The summed E-state index contributed by atoms with van der Waals surface area (Å²) in [4.78, 5) is 4.68. The molecule has 0 aliphatic rings. The monoisotopic (exact) mass is 1000 g/mol. The van der Waals surface area contributed by atoms with Crippen LogP contribution in [0.5, 0.6) is 0 Å². The third-order valence-electron chi connectivity index (χ3n) is 16.0. The van der Waals surface area contributed by atoms with Crippen LogP contribution in [0.2, 0.25) is 0 Å². The Morgan fingerprint density at radius 3 is 1.01 bits per heavy atom. The van der Waals surface area contributed by atoms with Crippen LogP contribution in [0.25, 0.3) is 155 Å². The molecule has 0 fully saturated rings. The summed E-state index contributed by atoms with van der Waals surface area (Å²) in [6, 6.07) is 80.9. The molecule has 0 aliphatic carbocycles. The molecule has 0 atom stereocenters. The van der Waals surface area contributed by atoms with Crippen LogP contribution in [0.1, 0.15) is 5.56 Å². The fraction of sp³-hybridized carbons (Fsp3) is 0. The zero-order chi connectivity index (χ0) is 49.9. The average Bonchev–Trinajstić information content (AvgIpc) is 4.50. The highest BCUT2D eigenvalue weighted by Gasteiger charge is 2.35.